The quantitative estimate of drug-likeness (QED) is 0.715. The van der Waals surface area contributed by atoms with Crippen LogP contribution in [0.4, 0.5) is 5.69 Å². The number of hydrogen-bond donors (Lipinski definition) is 3. The molecule has 2 rings (SSSR count). The van der Waals surface area contributed by atoms with Crippen molar-refractivity contribution in [1.82, 2.24) is 4.90 Å². The van der Waals surface area contributed by atoms with Gasteiger partial charge in [0.2, 0.25) is 11.8 Å². The molecule has 0 saturated carbocycles. The fraction of sp³-hybridized carbons (Fsp3) is 0.357. The van der Waals surface area contributed by atoms with Crippen LogP contribution in [0, 0.1) is 5.92 Å². The summed E-state index contributed by atoms with van der Waals surface area (Å²) in [6, 6.07) is 3.68. The maximum atomic E-state index is 12.1. The Hall–Kier alpha value is -2.57. The number of aromatic hydroxyl groups is 1. The summed E-state index contributed by atoms with van der Waals surface area (Å²) in [6.07, 6.45) is 0.125. The Bertz CT molecular complexity index is 599. The van der Waals surface area contributed by atoms with Crippen LogP contribution in [0.3, 0.4) is 0 Å². The predicted octanol–water partition coefficient (Wildman–Crippen LogP) is 0.897. The Morgan fingerprint density at radius 2 is 2.14 bits per heavy atom. The first-order valence-corrected chi connectivity index (χ1v) is 6.57. The summed E-state index contributed by atoms with van der Waals surface area (Å²) in [5.74, 6) is -2.42. The normalized spacial score (nSPS) is 17.9. The van der Waals surface area contributed by atoms with Gasteiger partial charge < -0.3 is 20.4 Å². The van der Waals surface area contributed by atoms with E-state index in [1.54, 1.807) is 4.90 Å². The van der Waals surface area contributed by atoms with Gasteiger partial charge in [0, 0.05) is 19.5 Å². The molecule has 2 amide bonds. The molecule has 112 valence electrons. The van der Waals surface area contributed by atoms with E-state index in [9.17, 15) is 19.5 Å². The van der Waals surface area contributed by atoms with E-state index in [0.29, 0.717) is 13.1 Å². The van der Waals surface area contributed by atoms with Crippen LogP contribution in [0.5, 0.6) is 5.75 Å². The van der Waals surface area contributed by atoms with Gasteiger partial charge in [-0.05, 0) is 25.1 Å². The highest BCUT2D eigenvalue weighted by Crippen LogP contribution is 2.24. The minimum atomic E-state index is -1.25. The van der Waals surface area contributed by atoms with E-state index >= 15 is 0 Å². The third kappa shape index (κ3) is 3.13. The molecule has 7 heteroatoms. The van der Waals surface area contributed by atoms with Crippen LogP contribution in [0.25, 0.3) is 0 Å². The topological polar surface area (TPSA) is 107 Å². The number of rotatable bonds is 4. The molecule has 21 heavy (non-hydrogen) atoms. The summed E-state index contributed by atoms with van der Waals surface area (Å²) in [6.45, 7) is 2.71. The van der Waals surface area contributed by atoms with Crippen LogP contribution in [0.15, 0.2) is 18.2 Å². The molecule has 1 saturated heterocycles. The molecule has 1 aromatic carbocycles. The van der Waals surface area contributed by atoms with Gasteiger partial charge >= 0.3 is 5.97 Å². The molecule has 1 unspecified atom stereocenters. The monoisotopic (exact) mass is 292 g/mol. The zero-order valence-corrected chi connectivity index (χ0v) is 11.5. The number of aromatic carboxylic acids is 1. The summed E-state index contributed by atoms with van der Waals surface area (Å²) in [5, 5.41) is 20.9. The van der Waals surface area contributed by atoms with Crippen molar-refractivity contribution in [3.8, 4) is 5.75 Å². The minimum Gasteiger partial charge on any atom is -0.508 e. The molecule has 0 aliphatic carbocycles. The second-order valence-electron chi connectivity index (χ2n) is 4.86. The van der Waals surface area contributed by atoms with Crippen LogP contribution in [0.1, 0.15) is 23.7 Å². The molecular weight excluding hydrogens is 276 g/mol. The van der Waals surface area contributed by atoms with E-state index in [2.05, 4.69) is 5.32 Å². The number of nitrogens with zero attached hydrogens (tertiary/aromatic N) is 1. The summed E-state index contributed by atoms with van der Waals surface area (Å²) in [7, 11) is 0. The number of carboxylic acid groups (broad SMARTS) is 1. The SMILES string of the molecule is CCN1CC(C(=O)Nc2ccc(O)cc2C(=O)O)CC1=O. The number of anilines is 1. The van der Waals surface area contributed by atoms with Gasteiger partial charge in [0.05, 0.1) is 17.2 Å². The fourth-order valence-electron chi connectivity index (χ4n) is 2.31. The van der Waals surface area contributed by atoms with E-state index in [1.807, 2.05) is 6.92 Å². The number of phenols is 1. The first-order chi connectivity index (χ1) is 9.92. The molecule has 1 heterocycles. The van der Waals surface area contributed by atoms with Crippen molar-refractivity contribution in [3.63, 3.8) is 0 Å². The molecule has 0 radical (unpaired) electrons. The lowest BCUT2D eigenvalue weighted by Gasteiger charge is -2.14. The Kier molecular flexibility index (Phi) is 4.11. The highest BCUT2D eigenvalue weighted by molar-refractivity contribution is 6.03. The van der Waals surface area contributed by atoms with Gasteiger partial charge in [0.1, 0.15) is 5.75 Å². The first kappa shape index (κ1) is 14.8. The molecular formula is C14H16N2O5. The second kappa shape index (κ2) is 5.82. The van der Waals surface area contributed by atoms with Gasteiger partial charge in [0.25, 0.3) is 0 Å². The fourth-order valence-corrected chi connectivity index (χ4v) is 2.31. The van der Waals surface area contributed by atoms with Gasteiger partial charge in [-0.3, -0.25) is 9.59 Å². The number of amides is 2. The van der Waals surface area contributed by atoms with Crippen molar-refractivity contribution < 1.29 is 24.6 Å². The third-order valence-electron chi connectivity index (χ3n) is 3.46. The lowest BCUT2D eigenvalue weighted by Crippen LogP contribution is -2.28. The van der Waals surface area contributed by atoms with Crippen molar-refractivity contribution in [2.45, 2.75) is 13.3 Å². The lowest BCUT2D eigenvalue weighted by molar-refractivity contribution is -0.128. The van der Waals surface area contributed by atoms with E-state index < -0.39 is 17.8 Å². The van der Waals surface area contributed by atoms with Crippen molar-refractivity contribution in [1.29, 1.82) is 0 Å². The van der Waals surface area contributed by atoms with Crippen LogP contribution in [-0.2, 0) is 9.59 Å². The third-order valence-corrected chi connectivity index (χ3v) is 3.46. The first-order valence-electron chi connectivity index (χ1n) is 6.57. The summed E-state index contributed by atoms with van der Waals surface area (Å²) in [4.78, 5) is 36.4. The summed E-state index contributed by atoms with van der Waals surface area (Å²) in [5.41, 5.74) is -0.0901. The Balaban J connectivity index is 2.14. The van der Waals surface area contributed by atoms with Crippen molar-refractivity contribution in [2.75, 3.05) is 18.4 Å². The van der Waals surface area contributed by atoms with E-state index in [0.717, 1.165) is 6.07 Å². The van der Waals surface area contributed by atoms with Crippen LogP contribution >= 0.6 is 0 Å². The molecule has 1 fully saturated rings. The zero-order chi connectivity index (χ0) is 15.6. The molecule has 1 aromatic rings. The number of likely N-dealkylation sites (tertiary alicyclic amines) is 1. The second-order valence-corrected chi connectivity index (χ2v) is 4.86. The molecule has 0 aromatic heterocycles. The molecule has 7 nitrogen and oxygen atoms in total. The van der Waals surface area contributed by atoms with E-state index in [-0.39, 0.29) is 29.3 Å². The minimum absolute atomic E-state index is 0.0817. The number of carbonyl (C=O) groups excluding carboxylic acids is 2. The van der Waals surface area contributed by atoms with E-state index in [4.69, 9.17) is 5.11 Å². The largest absolute Gasteiger partial charge is 0.508 e. The molecule has 0 spiro atoms. The molecule has 0 bridgehead atoms. The number of carbonyl (C=O) groups is 3. The van der Waals surface area contributed by atoms with Crippen molar-refractivity contribution >= 4 is 23.5 Å². The summed E-state index contributed by atoms with van der Waals surface area (Å²) < 4.78 is 0. The van der Waals surface area contributed by atoms with Crippen LogP contribution < -0.4 is 5.32 Å². The molecule has 1 aliphatic rings. The Morgan fingerprint density at radius 1 is 1.43 bits per heavy atom. The van der Waals surface area contributed by atoms with Crippen LogP contribution in [-0.4, -0.2) is 46.0 Å². The van der Waals surface area contributed by atoms with Gasteiger partial charge in [-0.15, -0.1) is 0 Å². The van der Waals surface area contributed by atoms with Crippen molar-refractivity contribution in [3.05, 3.63) is 23.8 Å². The van der Waals surface area contributed by atoms with Gasteiger partial charge in [-0.1, -0.05) is 0 Å². The number of hydrogen-bond acceptors (Lipinski definition) is 4. The smallest absolute Gasteiger partial charge is 0.337 e. The Morgan fingerprint density at radius 3 is 2.71 bits per heavy atom. The Labute approximate surface area is 121 Å². The average Bonchev–Trinajstić information content (AvgIpc) is 2.81. The molecule has 1 atom stereocenters. The van der Waals surface area contributed by atoms with Gasteiger partial charge in [-0.2, -0.15) is 0 Å². The predicted molar refractivity (Wildman–Crippen MR) is 74.1 cm³/mol. The maximum absolute atomic E-state index is 12.1. The number of phenolic OH excluding ortho intramolecular Hbond substituents is 1. The zero-order valence-electron chi connectivity index (χ0n) is 11.5. The van der Waals surface area contributed by atoms with E-state index in [1.165, 1.54) is 12.1 Å². The van der Waals surface area contributed by atoms with Crippen molar-refractivity contribution in [2.24, 2.45) is 5.92 Å². The standard InChI is InChI=1S/C14H16N2O5/c1-2-16-7-8(5-12(16)18)13(19)15-11-4-3-9(17)6-10(11)14(20)21/h3-4,6,8,17H,2,5,7H2,1H3,(H,15,19)(H,20,21). The summed E-state index contributed by atoms with van der Waals surface area (Å²) >= 11 is 0. The number of carboxylic acids is 1. The highest BCUT2D eigenvalue weighted by Gasteiger charge is 2.33. The molecule has 3 N–H and O–H groups in total. The number of benzene rings is 1. The van der Waals surface area contributed by atoms with Gasteiger partial charge in [-0.25, -0.2) is 4.79 Å². The highest BCUT2D eigenvalue weighted by atomic mass is 16.4. The molecule has 1 aliphatic heterocycles. The average molecular weight is 292 g/mol. The number of nitrogens with one attached hydrogen (secondary N) is 1. The van der Waals surface area contributed by atoms with Crippen LogP contribution in [0.2, 0.25) is 0 Å². The maximum Gasteiger partial charge on any atom is 0.337 e. The lowest BCUT2D eigenvalue weighted by atomic mass is 10.1. The van der Waals surface area contributed by atoms with Gasteiger partial charge in [0.15, 0.2) is 0 Å².